The molecule has 0 unspecified atom stereocenters. The second-order valence-corrected chi connectivity index (χ2v) is 5.25. The maximum atomic E-state index is 13.3. The lowest BCUT2D eigenvalue weighted by Gasteiger charge is -2.12. The lowest BCUT2D eigenvalue weighted by atomic mass is 10.2. The first-order chi connectivity index (χ1) is 10.0. The molecule has 112 valence electrons. The predicted molar refractivity (Wildman–Crippen MR) is 85.4 cm³/mol. The second kappa shape index (κ2) is 6.67. The number of nitrogens with two attached hydrogens (primary N) is 1. The van der Waals surface area contributed by atoms with Gasteiger partial charge in [-0.2, -0.15) is 0 Å². The molecule has 0 saturated carbocycles. The third kappa shape index (κ3) is 3.58. The summed E-state index contributed by atoms with van der Waals surface area (Å²) in [7, 11) is 3.18. The largest absolute Gasteiger partial charge is 0.493 e. The van der Waals surface area contributed by atoms with Crippen LogP contribution in [0, 0.1) is 5.82 Å². The van der Waals surface area contributed by atoms with Gasteiger partial charge in [-0.3, -0.25) is 0 Å². The zero-order valence-corrected chi connectivity index (χ0v) is 13.3. The molecule has 0 fully saturated rings. The highest BCUT2D eigenvalue weighted by Crippen LogP contribution is 2.29. The van der Waals surface area contributed by atoms with Gasteiger partial charge in [0, 0.05) is 12.6 Å². The minimum atomic E-state index is -0.385. The highest BCUT2D eigenvalue weighted by molar-refractivity contribution is 9.10. The molecule has 0 spiro atoms. The second-order valence-electron chi connectivity index (χ2n) is 4.40. The third-order valence-corrected chi connectivity index (χ3v) is 3.63. The van der Waals surface area contributed by atoms with Crippen LogP contribution in [0.15, 0.2) is 34.8 Å². The molecule has 0 bridgehead atoms. The van der Waals surface area contributed by atoms with E-state index in [1.165, 1.54) is 6.07 Å². The van der Waals surface area contributed by atoms with E-state index in [2.05, 4.69) is 21.2 Å². The van der Waals surface area contributed by atoms with E-state index in [-0.39, 0.29) is 5.82 Å². The topological polar surface area (TPSA) is 56.5 Å². The zero-order valence-electron chi connectivity index (χ0n) is 11.7. The Balaban J connectivity index is 2.15. The van der Waals surface area contributed by atoms with Crippen LogP contribution in [0.25, 0.3) is 0 Å². The lowest BCUT2D eigenvalue weighted by molar-refractivity contribution is 0.354. The van der Waals surface area contributed by atoms with Crippen LogP contribution < -0.4 is 20.5 Å². The number of methoxy groups -OCH3 is 2. The molecule has 2 rings (SSSR count). The molecule has 6 heteroatoms. The van der Waals surface area contributed by atoms with Gasteiger partial charge in [0.25, 0.3) is 0 Å². The summed E-state index contributed by atoms with van der Waals surface area (Å²) in [5.74, 6) is 0.944. The molecule has 2 aromatic rings. The van der Waals surface area contributed by atoms with Crippen LogP contribution in [-0.4, -0.2) is 14.2 Å². The van der Waals surface area contributed by atoms with Crippen molar-refractivity contribution in [2.24, 2.45) is 0 Å². The highest BCUT2D eigenvalue weighted by Gasteiger charge is 2.07. The van der Waals surface area contributed by atoms with Crippen molar-refractivity contribution in [1.82, 2.24) is 0 Å². The molecule has 0 aromatic heterocycles. The number of halogens is 2. The molecule has 0 atom stereocenters. The molecular formula is C15H16BrFN2O2. The lowest BCUT2D eigenvalue weighted by Crippen LogP contribution is -2.03. The van der Waals surface area contributed by atoms with Crippen LogP contribution in [0.3, 0.4) is 0 Å². The standard InChI is InChI=1S/C15H16BrFN2O2/c1-20-14-4-3-9(5-15(14)21-2)8-19-13-6-10(16)11(17)7-12(13)18/h3-7,19H,8,18H2,1-2H3. The monoisotopic (exact) mass is 354 g/mol. The molecule has 0 heterocycles. The fourth-order valence-electron chi connectivity index (χ4n) is 1.90. The number of anilines is 2. The van der Waals surface area contributed by atoms with Gasteiger partial charge < -0.3 is 20.5 Å². The van der Waals surface area contributed by atoms with Gasteiger partial charge in [0.1, 0.15) is 5.82 Å². The first kappa shape index (κ1) is 15.4. The SMILES string of the molecule is COc1ccc(CNc2cc(Br)c(F)cc2N)cc1OC. The van der Waals surface area contributed by atoms with Crippen molar-refractivity contribution in [3.8, 4) is 11.5 Å². The summed E-state index contributed by atoms with van der Waals surface area (Å²) in [5.41, 5.74) is 7.80. The summed E-state index contributed by atoms with van der Waals surface area (Å²) in [5, 5.41) is 3.17. The minimum Gasteiger partial charge on any atom is -0.493 e. The van der Waals surface area contributed by atoms with Gasteiger partial charge in [-0.15, -0.1) is 0 Å². The quantitative estimate of drug-likeness (QED) is 0.801. The number of hydrogen-bond donors (Lipinski definition) is 2. The van der Waals surface area contributed by atoms with E-state index in [1.54, 1.807) is 20.3 Å². The van der Waals surface area contributed by atoms with Crippen molar-refractivity contribution in [3.63, 3.8) is 0 Å². The van der Waals surface area contributed by atoms with Gasteiger partial charge in [-0.05, 0) is 39.7 Å². The van der Waals surface area contributed by atoms with Crippen LogP contribution in [0.5, 0.6) is 11.5 Å². The van der Waals surface area contributed by atoms with Crippen molar-refractivity contribution >= 4 is 27.3 Å². The van der Waals surface area contributed by atoms with Crippen molar-refractivity contribution in [3.05, 3.63) is 46.2 Å². The summed E-state index contributed by atoms with van der Waals surface area (Å²) in [6.07, 6.45) is 0. The maximum absolute atomic E-state index is 13.3. The van der Waals surface area contributed by atoms with E-state index in [0.29, 0.717) is 33.9 Å². The highest BCUT2D eigenvalue weighted by atomic mass is 79.9. The Kier molecular flexibility index (Phi) is 4.90. The molecule has 2 aromatic carbocycles. The van der Waals surface area contributed by atoms with Crippen molar-refractivity contribution < 1.29 is 13.9 Å². The Morgan fingerprint density at radius 1 is 1.14 bits per heavy atom. The maximum Gasteiger partial charge on any atom is 0.161 e. The molecular weight excluding hydrogens is 339 g/mol. The van der Waals surface area contributed by atoms with Gasteiger partial charge in [0.2, 0.25) is 0 Å². The molecule has 0 aliphatic heterocycles. The fourth-order valence-corrected chi connectivity index (χ4v) is 2.25. The van der Waals surface area contributed by atoms with Gasteiger partial charge >= 0.3 is 0 Å². The smallest absolute Gasteiger partial charge is 0.161 e. The van der Waals surface area contributed by atoms with E-state index >= 15 is 0 Å². The van der Waals surface area contributed by atoms with E-state index in [4.69, 9.17) is 15.2 Å². The van der Waals surface area contributed by atoms with Gasteiger partial charge in [0.05, 0.1) is 30.1 Å². The normalized spacial score (nSPS) is 10.3. The average molecular weight is 355 g/mol. The van der Waals surface area contributed by atoms with Crippen molar-refractivity contribution in [2.45, 2.75) is 6.54 Å². The number of ether oxygens (including phenoxy) is 2. The summed E-state index contributed by atoms with van der Waals surface area (Å²) in [6, 6.07) is 8.52. The summed E-state index contributed by atoms with van der Waals surface area (Å²) >= 11 is 3.14. The Morgan fingerprint density at radius 3 is 2.52 bits per heavy atom. The molecule has 0 radical (unpaired) electrons. The van der Waals surface area contributed by atoms with E-state index in [9.17, 15) is 4.39 Å². The Bertz CT molecular complexity index is 650. The predicted octanol–water partition coefficient (Wildman–Crippen LogP) is 3.80. The van der Waals surface area contributed by atoms with Crippen LogP contribution in [0.4, 0.5) is 15.8 Å². The fraction of sp³-hybridized carbons (Fsp3) is 0.200. The Morgan fingerprint density at radius 2 is 1.86 bits per heavy atom. The van der Waals surface area contributed by atoms with E-state index in [0.717, 1.165) is 5.56 Å². The summed E-state index contributed by atoms with van der Waals surface area (Å²) in [4.78, 5) is 0. The molecule has 0 aliphatic rings. The summed E-state index contributed by atoms with van der Waals surface area (Å²) < 4.78 is 24.1. The Hall–Kier alpha value is -1.95. The van der Waals surface area contributed by atoms with Gasteiger partial charge in [-0.25, -0.2) is 4.39 Å². The molecule has 0 saturated heterocycles. The zero-order chi connectivity index (χ0) is 15.4. The van der Waals surface area contributed by atoms with Crippen LogP contribution in [-0.2, 0) is 6.54 Å². The first-order valence-corrected chi connectivity index (χ1v) is 7.03. The third-order valence-electron chi connectivity index (χ3n) is 3.02. The molecule has 4 nitrogen and oxygen atoms in total. The number of nitrogen functional groups attached to an aromatic ring is 1. The van der Waals surface area contributed by atoms with Crippen molar-refractivity contribution in [1.29, 1.82) is 0 Å². The number of hydrogen-bond acceptors (Lipinski definition) is 4. The van der Waals surface area contributed by atoms with E-state index < -0.39 is 0 Å². The van der Waals surface area contributed by atoms with Crippen LogP contribution in [0.2, 0.25) is 0 Å². The number of benzene rings is 2. The molecule has 0 aliphatic carbocycles. The minimum absolute atomic E-state index is 0.358. The first-order valence-electron chi connectivity index (χ1n) is 6.24. The average Bonchev–Trinajstić information content (AvgIpc) is 2.49. The Labute approximate surface area is 131 Å². The number of rotatable bonds is 5. The summed E-state index contributed by atoms with van der Waals surface area (Å²) in [6.45, 7) is 0.530. The van der Waals surface area contributed by atoms with Crippen LogP contribution in [0.1, 0.15) is 5.56 Å². The van der Waals surface area contributed by atoms with E-state index in [1.807, 2.05) is 18.2 Å². The molecule has 21 heavy (non-hydrogen) atoms. The van der Waals surface area contributed by atoms with Crippen molar-refractivity contribution in [2.75, 3.05) is 25.3 Å². The van der Waals surface area contributed by atoms with Gasteiger partial charge in [0.15, 0.2) is 11.5 Å². The van der Waals surface area contributed by atoms with Crippen LogP contribution >= 0.6 is 15.9 Å². The molecule has 0 amide bonds. The number of nitrogens with one attached hydrogen (secondary N) is 1. The molecule has 3 N–H and O–H groups in total. The van der Waals surface area contributed by atoms with Gasteiger partial charge in [-0.1, -0.05) is 6.07 Å².